The standard InChI is InChI=1S/C22H20ClN3O4/c1-30-19-10-7-17(8-11-19)25(14-16-5-3-2-4-6-16)15-22(27)24-21-12-9-18(26(28)29)13-20(21)23/h2-13H,14-15H2,1H3,(H,24,27). The molecule has 30 heavy (non-hydrogen) atoms. The molecule has 3 aromatic carbocycles. The molecule has 0 bridgehead atoms. The molecule has 0 atom stereocenters. The number of nitro benzene ring substituents is 1. The smallest absolute Gasteiger partial charge is 0.271 e. The van der Waals surface area contributed by atoms with Gasteiger partial charge in [0.15, 0.2) is 0 Å². The van der Waals surface area contributed by atoms with Crippen LogP contribution in [-0.4, -0.2) is 24.5 Å². The van der Waals surface area contributed by atoms with E-state index in [2.05, 4.69) is 5.32 Å². The van der Waals surface area contributed by atoms with Gasteiger partial charge in [-0.05, 0) is 35.9 Å². The molecule has 0 aliphatic rings. The molecular formula is C22H20ClN3O4. The Kier molecular flexibility index (Phi) is 6.87. The van der Waals surface area contributed by atoms with Crippen LogP contribution < -0.4 is 15.0 Å². The zero-order chi connectivity index (χ0) is 21.5. The molecule has 0 aromatic heterocycles. The average molecular weight is 426 g/mol. The molecule has 8 heteroatoms. The summed E-state index contributed by atoms with van der Waals surface area (Å²) < 4.78 is 5.21. The lowest BCUT2D eigenvalue weighted by Gasteiger charge is -2.25. The number of non-ortho nitro benzene ring substituents is 1. The summed E-state index contributed by atoms with van der Waals surface area (Å²) in [6, 6.07) is 21.2. The second kappa shape index (κ2) is 9.76. The lowest BCUT2D eigenvalue weighted by atomic mass is 10.2. The number of rotatable bonds is 8. The second-order valence-electron chi connectivity index (χ2n) is 6.51. The topological polar surface area (TPSA) is 84.7 Å². The number of amides is 1. The van der Waals surface area contributed by atoms with Crippen LogP contribution in [0.1, 0.15) is 5.56 Å². The first kappa shape index (κ1) is 21.1. The van der Waals surface area contributed by atoms with Crippen LogP contribution in [0.2, 0.25) is 5.02 Å². The Morgan fingerprint density at radius 3 is 2.40 bits per heavy atom. The van der Waals surface area contributed by atoms with E-state index >= 15 is 0 Å². The average Bonchev–Trinajstić information content (AvgIpc) is 2.75. The molecule has 0 saturated heterocycles. The van der Waals surface area contributed by atoms with E-state index in [0.717, 1.165) is 17.0 Å². The number of halogens is 1. The summed E-state index contributed by atoms with van der Waals surface area (Å²) in [6.45, 7) is 0.586. The predicted molar refractivity (Wildman–Crippen MR) is 117 cm³/mol. The van der Waals surface area contributed by atoms with Crippen molar-refractivity contribution in [3.05, 3.63) is 93.5 Å². The molecule has 0 fully saturated rings. The monoisotopic (exact) mass is 425 g/mol. The maximum atomic E-state index is 12.7. The van der Waals surface area contributed by atoms with E-state index < -0.39 is 4.92 Å². The number of methoxy groups -OCH3 is 1. The maximum absolute atomic E-state index is 12.7. The van der Waals surface area contributed by atoms with Gasteiger partial charge in [0.1, 0.15) is 5.75 Å². The van der Waals surface area contributed by atoms with Gasteiger partial charge in [-0.2, -0.15) is 0 Å². The number of ether oxygens (including phenoxy) is 1. The summed E-state index contributed by atoms with van der Waals surface area (Å²) in [5.74, 6) is 0.429. The molecule has 0 spiro atoms. The van der Waals surface area contributed by atoms with Crippen molar-refractivity contribution in [2.24, 2.45) is 0 Å². The van der Waals surface area contributed by atoms with Gasteiger partial charge in [0, 0.05) is 24.4 Å². The number of nitro groups is 1. The van der Waals surface area contributed by atoms with E-state index in [1.165, 1.54) is 18.2 Å². The summed E-state index contributed by atoms with van der Waals surface area (Å²) in [5, 5.41) is 13.7. The molecule has 0 heterocycles. The van der Waals surface area contributed by atoms with Crippen LogP contribution in [0, 0.1) is 10.1 Å². The zero-order valence-electron chi connectivity index (χ0n) is 16.2. The van der Waals surface area contributed by atoms with E-state index in [9.17, 15) is 14.9 Å². The fourth-order valence-electron chi connectivity index (χ4n) is 2.92. The molecule has 3 aromatic rings. The van der Waals surface area contributed by atoms with Crippen LogP contribution in [0.5, 0.6) is 5.75 Å². The molecule has 0 radical (unpaired) electrons. The molecule has 0 aliphatic heterocycles. The van der Waals surface area contributed by atoms with Crippen molar-refractivity contribution in [2.75, 3.05) is 23.9 Å². The lowest BCUT2D eigenvalue weighted by Crippen LogP contribution is -2.33. The van der Waals surface area contributed by atoms with Gasteiger partial charge in [-0.15, -0.1) is 0 Å². The van der Waals surface area contributed by atoms with Gasteiger partial charge in [0.05, 0.1) is 29.3 Å². The number of benzene rings is 3. The Balaban J connectivity index is 1.77. The van der Waals surface area contributed by atoms with Gasteiger partial charge < -0.3 is 15.0 Å². The van der Waals surface area contributed by atoms with Crippen LogP contribution in [0.3, 0.4) is 0 Å². The minimum atomic E-state index is -0.539. The van der Waals surface area contributed by atoms with Crippen LogP contribution in [0.25, 0.3) is 0 Å². The zero-order valence-corrected chi connectivity index (χ0v) is 17.0. The second-order valence-corrected chi connectivity index (χ2v) is 6.92. The number of nitrogens with zero attached hydrogens (tertiary/aromatic N) is 2. The molecule has 154 valence electrons. The molecule has 0 saturated carbocycles. The molecule has 0 aliphatic carbocycles. The summed E-state index contributed by atoms with van der Waals surface area (Å²) >= 11 is 6.09. The first-order valence-electron chi connectivity index (χ1n) is 9.13. The summed E-state index contributed by atoms with van der Waals surface area (Å²) in [5.41, 5.74) is 2.09. The highest BCUT2D eigenvalue weighted by Gasteiger charge is 2.15. The number of hydrogen-bond acceptors (Lipinski definition) is 5. The number of hydrogen-bond donors (Lipinski definition) is 1. The molecule has 0 unspecified atom stereocenters. The fourth-order valence-corrected chi connectivity index (χ4v) is 3.14. The SMILES string of the molecule is COc1ccc(N(CC(=O)Nc2ccc([N+](=O)[O-])cc2Cl)Cc2ccccc2)cc1. The van der Waals surface area contributed by atoms with E-state index in [1.807, 2.05) is 59.5 Å². The van der Waals surface area contributed by atoms with Gasteiger partial charge in [-0.1, -0.05) is 41.9 Å². The largest absolute Gasteiger partial charge is 0.497 e. The highest BCUT2D eigenvalue weighted by molar-refractivity contribution is 6.34. The van der Waals surface area contributed by atoms with Gasteiger partial charge in [0.25, 0.3) is 5.69 Å². The van der Waals surface area contributed by atoms with Crippen molar-refractivity contribution in [2.45, 2.75) is 6.54 Å². The Bertz CT molecular complexity index is 1030. The molecular weight excluding hydrogens is 406 g/mol. The quantitative estimate of drug-likeness (QED) is 0.409. The van der Waals surface area contributed by atoms with Crippen molar-refractivity contribution >= 4 is 34.6 Å². The summed E-state index contributed by atoms with van der Waals surface area (Å²) in [7, 11) is 1.60. The van der Waals surface area contributed by atoms with Crippen molar-refractivity contribution in [3.63, 3.8) is 0 Å². The van der Waals surface area contributed by atoms with Crippen molar-refractivity contribution in [1.82, 2.24) is 0 Å². The van der Waals surface area contributed by atoms with E-state index in [-0.39, 0.29) is 23.2 Å². The lowest BCUT2D eigenvalue weighted by molar-refractivity contribution is -0.384. The predicted octanol–water partition coefficient (Wildman–Crippen LogP) is 4.90. The fraction of sp³-hybridized carbons (Fsp3) is 0.136. The number of carbonyl (C=O) groups excluding carboxylic acids is 1. The number of carbonyl (C=O) groups is 1. The number of nitrogens with one attached hydrogen (secondary N) is 1. The molecule has 7 nitrogen and oxygen atoms in total. The van der Waals surface area contributed by atoms with Crippen LogP contribution in [0.4, 0.5) is 17.1 Å². The Morgan fingerprint density at radius 1 is 1.10 bits per heavy atom. The normalized spacial score (nSPS) is 10.3. The van der Waals surface area contributed by atoms with Crippen LogP contribution in [0.15, 0.2) is 72.8 Å². The third-order valence-corrected chi connectivity index (χ3v) is 4.74. The van der Waals surface area contributed by atoms with Gasteiger partial charge in [-0.3, -0.25) is 14.9 Å². The maximum Gasteiger partial charge on any atom is 0.271 e. The molecule has 3 rings (SSSR count). The summed E-state index contributed by atoms with van der Waals surface area (Å²) in [6.07, 6.45) is 0. The van der Waals surface area contributed by atoms with Gasteiger partial charge in [0.2, 0.25) is 5.91 Å². The third-order valence-electron chi connectivity index (χ3n) is 4.43. The minimum Gasteiger partial charge on any atom is -0.497 e. The molecule has 1 N–H and O–H groups in total. The Labute approximate surface area is 179 Å². The van der Waals surface area contributed by atoms with Crippen molar-refractivity contribution in [1.29, 1.82) is 0 Å². The van der Waals surface area contributed by atoms with E-state index in [4.69, 9.17) is 16.3 Å². The van der Waals surface area contributed by atoms with E-state index in [0.29, 0.717) is 12.2 Å². The van der Waals surface area contributed by atoms with Gasteiger partial charge >= 0.3 is 0 Å². The summed E-state index contributed by atoms with van der Waals surface area (Å²) in [4.78, 5) is 24.9. The van der Waals surface area contributed by atoms with Gasteiger partial charge in [-0.25, -0.2) is 0 Å². The number of anilines is 2. The van der Waals surface area contributed by atoms with Crippen LogP contribution in [-0.2, 0) is 11.3 Å². The Hall–Kier alpha value is -3.58. The highest BCUT2D eigenvalue weighted by Crippen LogP contribution is 2.27. The first-order chi connectivity index (χ1) is 14.5. The molecule has 1 amide bonds. The Morgan fingerprint density at radius 2 is 1.80 bits per heavy atom. The van der Waals surface area contributed by atoms with Crippen LogP contribution >= 0.6 is 11.6 Å². The first-order valence-corrected chi connectivity index (χ1v) is 9.51. The van der Waals surface area contributed by atoms with Crippen molar-refractivity contribution in [3.8, 4) is 5.75 Å². The van der Waals surface area contributed by atoms with Crippen molar-refractivity contribution < 1.29 is 14.5 Å². The van der Waals surface area contributed by atoms with E-state index in [1.54, 1.807) is 7.11 Å². The third kappa shape index (κ3) is 5.48. The minimum absolute atomic E-state index is 0.0640. The highest BCUT2D eigenvalue weighted by atomic mass is 35.5.